The van der Waals surface area contributed by atoms with E-state index in [2.05, 4.69) is 15.5 Å². The molecule has 36 heavy (non-hydrogen) atoms. The number of nitro groups is 1. The molecule has 0 unspecified atom stereocenters. The van der Waals surface area contributed by atoms with Crippen LogP contribution in [0.3, 0.4) is 0 Å². The Labute approximate surface area is 208 Å². The van der Waals surface area contributed by atoms with Crippen LogP contribution in [0.5, 0.6) is 11.5 Å². The highest BCUT2D eigenvalue weighted by atomic mass is 32.2. The van der Waals surface area contributed by atoms with Gasteiger partial charge in [-0.2, -0.15) is 0 Å². The van der Waals surface area contributed by atoms with Crippen LogP contribution >= 0.6 is 11.8 Å². The average Bonchev–Trinajstić information content (AvgIpc) is 3.53. The van der Waals surface area contributed by atoms with E-state index < -0.39 is 4.92 Å². The molecule has 0 saturated carbocycles. The van der Waals surface area contributed by atoms with Crippen LogP contribution in [0.25, 0.3) is 5.69 Å². The number of carbonyl (C=O) groups is 1. The highest BCUT2D eigenvalue weighted by Crippen LogP contribution is 2.32. The molecule has 1 aromatic heterocycles. The summed E-state index contributed by atoms with van der Waals surface area (Å²) >= 11 is 1.37. The van der Waals surface area contributed by atoms with Gasteiger partial charge in [-0.05, 0) is 48.0 Å². The third kappa shape index (κ3) is 4.98. The topological polar surface area (TPSA) is 121 Å². The molecule has 4 aromatic rings. The van der Waals surface area contributed by atoms with Gasteiger partial charge in [0.25, 0.3) is 11.6 Å². The number of benzene rings is 3. The first-order chi connectivity index (χ1) is 17.5. The van der Waals surface area contributed by atoms with E-state index >= 15 is 0 Å². The molecule has 0 spiro atoms. The fourth-order valence-electron chi connectivity index (χ4n) is 3.52. The number of rotatable bonds is 8. The van der Waals surface area contributed by atoms with Crippen LogP contribution in [-0.2, 0) is 12.3 Å². The summed E-state index contributed by atoms with van der Waals surface area (Å²) in [5.74, 6) is 1.34. The van der Waals surface area contributed by atoms with E-state index in [1.54, 1.807) is 47.0 Å². The number of thioether (sulfide) groups is 1. The van der Waals surface area contributed by atoms with Crippen LogP contribution in [0.1, 0.15) is 21.7 Å². The maximum atomic E-state index is 13.2. The Bertz CT molecular complexity index is 1430. The minimum atomic E-state index is -0.480. The number of ether oxygens (including phenoxy) is 2. The Morgan fingerprint density at radius 1 is 1.06 bits per heavy atom. The maximum absolute atomic E-state index is 13.2. The molecule has 0 fully saturated rings. The normalized spacial score (nSPS) is 11.9. The fourth-order valence-corrected chi connectivity index (χ4v) is 4.45. The number of aromatic nitrogens is 3. The van der Waals surface area contributed by atoms with Gasteiger partial charge < -0.3 is 14.8 Å². The third-order valence-electron chi connectivity index (χ3n) is 5.34. The molecule has 12 heteroatoms. The molecular formula is C24H18FN5O5S. The van der Waals surface area contributed by atoms with Crippen molar-refractivity contribution in [1.82, 2.24) is 20.1 Å². The van der Waals surface area contributed by atoms with Crippen molar-refractivity contribution < 1.29 is 23.6 Å². The number of hydrogen-bond acceptors (Lipinski definition) is 8. The van der Waals surface area contributed by atoms with E-state index in [9.17, 15) is 19.3 Å². The number of carbonyl (C=O) groups excluding carboxylic acids is 1. The van der Waals surface area contributed by atoms with E-state index in [0.717, 1.165) is 5.56 Å². The summed E-state index contributed by atoms with van der Waals surface area (Å²) in [4.78, 5) is 23.4. The van der Waals surface area contributed by atoms with Gasteiger partial charge in [0.2, 0.25) is 6.79 Å². The summed E-state index contributed by atoms with van der Waals surface area (Å²) in [7, 11) is 0. The zero-order valence-electron chi connectivity index (χ0n) is 18.6. The van der Waals surface area contributed by atoms with Gasteiger partial charge in [-0.25, -0.2) is 4.39 Å². The smallest absolute Gasteiger partial charge is 0.269 e. The molecule has 1 aliphatic heterocycles. The van der Waals surface area contributed by atoms with Gasteiger partial charge in [0, 0.05) is 29.1 Å². The number of nitro benzene ring substituents is 1. The second-order valence-corrected chi connectivity index (χ2v) is 8.62. The first kappa shape index (κ1) is 23.3. The van der Waals surface area contributed by atoms with Crippen LogP contribution in [0.4, 0.5) is 10.1 Å². The largest absolute Gasteiger partial charge is 0.454 e. The van der Waals surface area contributed by atoms with Crippen molar-refractivity contribution in [2.24, 2.45) is 0 Å². The molecule has 5 rings (SSSR count). The summed E-state index contributed by atoms with van der Waals surface area (Å²) in [6.45, 7) is 0.158. The van der Waals surface area contributed by atoms with Crippen molar-refractivity contribution in [2.75, 3.05) is 6.79 Å². The minimum Gasteiger partial charge on any atom is -0.454 e. The predicted molar refractivity (Wildman–Crippen MR) is 128 cm³/mol. The number of amides is 1. The van der Waals surface area contributed by atoms with Gasteiger partial charge >= 0.3 is 0 Å². The van der Waals surface area contributed by atoms with Crippen molar-refractivity contribution in [3.8, 4) is 17.2 Å². The molecule has 2 heterocycles. The van der Waals surface area contributed by atoms with Crippen LogP contribution in [0.2, 0.25) is 0 Å². The van der Waals surface area contributed by atoms with Crippen LogP contribution in [0, 0.1) is 15.9 Å². The van der Waals surface area contributed by atoms with Crippen LogP contribution < -0.4 is 14.8 Å². The van der Waals surface area contributed by atoms with Crippen molar-refractivity contribution in [1.29, 1.82) is 0 Å². The Kier molecular flexibility index (Phi) is 6.50. The molecule has 3 aromatic carbocycles. The highest BCUT2D eigenvalue weighted by Gasteiger charge is 2.19. The number of hydrogen-bond donors (Lipinski definition) is 1. The molecule has 0 aliphatic carbocycles. The molecule has 182 valence electrons. The Balaban J connectivity index is 1.38. The number of fused-ring (bicyclic) bond motifs is 1. The molecule has 0 atom stereocenters. The lowest BCUT2D eigenvalue weighted by Crippen LogP contribution is -2.24. The molecule has 1 N–H and O–H groups in total. The number of halogens is 1. The first-order valence-electron chi connectivity index (χ1n) is 10.7. The van der Waals surface area contributed by atoms with Gasteiger partial charge in [-0.1, -0.05) is 23.9 Å². The molecular weight excluding hydrogens is 489 g/mol. The lowest BCUT2D eigenvalue weighted by molar-refractivity contribution is -0.384. The minimum absolute atomic E-state index is 0.0500. The van der Waals surface area contributed by atoms with E-state index in [-0.39, 0.29) is 30.7 Å². The van der Waals surface area contributed by atoms with Crippen molar-refractivity contribution in [3.05, 3.63) is 99.6 Å². The highest BCUT2D eigenvalue weighted by molar-refractivity contribution is 7.98. The summed E-state index contributed by atoms with van der Waals surface area (Å²) in [6.07, 6.45) is 0. The molecule has 0 radical (unpaired) electrons. The second kappa shape index (κ2) is 10.0. The van der Waals surface area contributed by atoms with Gasteiger partial charge in [0.1, 0.15) is 5.82 Å². The standard InChI is InChI=1S/C24H18FN5O5S/c25-17-4-1-15(2-5-17)13-36-24-28-27-22(29(24)18-6-8-19(9-7-18)30(32)33)12-26-23(31)16-3-10-20-21(11-16)35-14-34-20/h1-11H,12-14H2,(H,26,31). The number of nitrogens with one attached hydrogen (secondary N) is 1. The third-order valence-corrected chi connectivity index (χ3v) is 6.34. The quantitative estimate of drug-likeness (QED) is 0.213. The molecule has 1 aliphatic rings. The van der Waals surface area contributed by atoms with Gasteiger partial charge in [0.15, 0.2) is 22.5 Å². The van der Waals surface area contributed by atoms with Crippen LogP contribution in [0.15, 0.2) is 71.9 Å². The van der Waals surface area contributed by atoms with Crippen LogP contribution in [-0.4, -0.2) is 32.4 Å². The summed E-state index contributed by atoms with van der Waals surface area (Å²) < 4.78 is 25.6. The van der Waals surface area contributed by atoms with Crippen molar-refractivity contribution >= 4 is 23.4 Å². The zero-order valence-corrected chi connectivity index (χ0v) is 19.4. The van der Waals surface area contributed by atoms with E-state index in [1.165, 1.54) is 36.0 Å². The molecule has 0 bridgehead atoms. The lowest BCUT2D eigenvalue weighted by Gasteiger charge is -2.11. The second-order valence-electron chi connectivity index (χ2n) is 7.67. The predicted octanol–water partition coefficient (Wildman–Crippen LogP) is 4.27. The zero-order chi connectivity index (χ0) is 25.1. The Hall–Kier alpha value is -4.45. The van der Waals surface area contributed by atoms with Gasteiger partial charge in [-0.15, -0.1) is 10.2 Å². The van der Waals surface area contributed by atoms with Gasteiger partial charge in [-0.3, -0.25) is 19.5 Å². The van der Waals surface area contributed by atoms with Crippen molar-refractivity contribution in [3.63, 3.8) is 0 Å². The van der Waals surface area contributed by atoms with E-state index in [0.29, 0.717) is 39.5 Å². The fraction of sp³-hybridized carbons (Fsp3) is 0.125. The average molecular weight is 508 g/mol. The first-order valence-corrected chi connectivity index (χ1v) is 11.7. The van der Waals surface area contributed by atoms with E-state index in [1.807, 2.05) is 0 Å². The monoisotopic (exact) mass is 507 g/mol. The number of nitrogens with zero attached hydrogens (tertiary/aromatic N) is 4. The SMILES string of the molecule is O=C(NCc1nnc(SCc2ccc(F)cc2)n1-c1ccc([N+](=O)[O-])cc1)c1ccc2c(c1)OCO2. The van der Waals surface area contributed by atoms with Crippen molar-refractivity contribution in [2.45, 2.75) is 17.5 Å². The maximum Gasteiger partial charge on any atom is 0.269 e. The summed E-state index contributed by atoms with van der Waals surface area (Å²) in [5.41, 5.74) is 1.83. The Morgan fingerprint density at radius 3 is 2.56 bits per heavy atom. The summed E-state index contributed by atoms with van der Waals surface area (Å²) in [5, 5.41) is 22.9. The summed E-state index contributed by atoms with van der Waals surface area (Å²) in [6, 6.07) is 17.0. The molecule has 10 nitrogen and oxygen atoms in total. The molecule has 1 amide bonds. The van der Waals surface area contributed by atoms with E-state index in [4.69, 9.17) is 9.47 Å². The van der Waals surface area contributed by atoms with Gasteiger partial charge in [0.05, 0.1) is 11.5 Å². The Morgan fingerprint density at radius 2 is 1.81 bits per heavy atom. The lowest BCUT2D eigenvalue weighted by atomic mass is 10.2. The molecule has 0 saturated heterocycles. The number of non-ortho nitro benzene ring substituents is 1.